The molecule has 1 aliphatic rings. The second kappa shape index (κ2) is 6.31. The zero-order chi connectivity index (χ0) is 16.4. The summed E-state index contributed by atoms with van der Waals surface area (Å²) in [6.07, 6.45) is 10.7. The first kappa shape index (κ1) is 14.7. The molecule has 0 saturated heterocycles. The van der Waals surface area contributed by atoms with E-state index in [4.69, 9.17) is 0 Å². The average molecular weight is 318 g/mol. The van der Waals surface area contributed by atoms with Crippen molar-refractivity contribution < 1.29 is 0 Å². The van der Waals surface area contributed by atoms with Crippen molar-refractivity contribution in [3.63, 3.8) is 0 Å². The van der Waals surface area contributed by atoms with Crippen molar-refractivity contribution in [1.29, 1.82) is 0 Å². The molecule has 120 valence electrons. The van der Waals surface area contributed by atoms with Crippen LogP contribution >= 0.6 is 0 Å². The molecule has 0 atom stereocenters. The van der Waals surface area contributed by atoms with Gasteiger partial charge < -0.3 is 4.90 Å². The van der Waals surface area contributed by atoms with E-state index in [2.05, 4.69) is 29.8 Å². The monoisotopic (exact) mass is 318 g/mol. The van der Waals surface area contributed by atoms with Crippen LogP contribution in [0.3, 0.4) is 0 Å². The van der Waals surface area contributed by atoms with Crippen molar-refractivity contribution in [3.05, 3.63) is 60.1 Å². The zero-order valence-corrected chi connectivity index (χ0v) is 13.6. The van der Waals surface area contributed by atoms with Crippen LogP contribution in [-0.2, 0) is 12.8 Å². The molecule has 0 spiro atoms. The van der Waals surface area contributed by atoms with Gasteiger partial charge >= 0.3 is 0 Å². The van der Waals surface area contributed by atoms with E-state index in [1.54, 1.807) is 12.5 Å². The minimum Gasteiger partial charge on any atom is -0.340 e. The van der Waals surface area contributed by atoms with Gasteiger partial charge in [-0.2, -0.15) is 0 Å². The molecule has 6 nitrogen and oxygen atoms in total. The van der Waals surface area contributed by atoms with Crippen LogP contribution in [0.15, 0.2) is 43.2 Å². The normalized spacial score (nSPS) is 14.1. The molecule has 0 unspecified atom stereocenters. The van der Waals surface area contributed by atoms with Crippen LogP contribution in [0.25, 0.3) is 11.3 Å². The van der Waals surface area contributed by atoms with Gasteiger partial charge in [-0.1, -0.05) is 0 Å². The van der Waals surface area contributed by atoms with Crippen LogP contribution in [0.2, 0.25) is 0 Å². The van der Waals surface area contributed by atoms with Crippen molar-refractivity contribution >= 4 is 5.95 Å². The topological polar surface area (TPSA) is 67.7 Å². The summed E-state index contributed by atoms with van der Waals surface area (Å²) >= 11 is 0. The van der Waals surface area contributed by atoms with Crippen LogP contribution in [0.5, 0.6) is 0 Å². The van der Waals surface area contributed by atoms with Crippen molar-refractivity contribution in [2.24, 2.45) is 0 Å². The molecule has 0 N–H and O–H groups in total. The van der Waals surface area contributed by atoms with Crippen LogP contribution in [0.4, 0.5) is 5.95 Å². The fourth-order valence-corrected chi connectivity index (χ4v) is 3.03. The van der Waals surface area contributed by atoms with E-state index in [-0.39, 0.29) is 0 Å². The van der Waals surface area contributed by atoms with Gasteiger partial charge in [-0.25, -0.2) is 19.9 Å². The lowest BCUT2D eigenvalue weighted by Crippen LogP contribution is -2.27. The molecular weight excluding hydrogens is 300 g/mol. The molecule has 6 heteroatoms. The SMILES string of the molecule is Cc1cnc(N2CCc3ncnc(-c4cccnc4)c3CC2)nc1. The molecule has 3 aromatic rings. The summed E-state index contributed by atoms with van der Waals surface area (Å²) in [6, 6.07) is 3.98. The highest BCUT2D eigenvalue weighted by Gasteiger charge is 2.20. The molecule has 3 aromatic heterocycles. The Hall–Kier alpha value is -2.89. The number of rotatable bonds is 2. The van der Waals surface area contributed by atoms with Crippen LogP contribution < -0.4 is 4.90 Å². The fourth-order valence-electron chi connectivity index (χ4n) is 3.03. The smallest absolute Gasteiger partial charge is 0.225 e. The standard InChI is InChI=1S/C18H18N6/c1-13-9-20-18(21-10-13)24-7-4-15-16(5-8-24)22-12-23-17(15)14-3-2-6-19-11-14/h2-3,6,9-12H,4-5,7-8H2,1H3. The van der Waals surface area contributed by atoms with Crippen LogP contribution in [0, 0.1) is 6.92 Å². The Balaban J connectivity index is 1.65. The molecule has 0 amide bonds. The largest absolute Gasteiger partial charge is 0.340 e. The molecule has 24 heavy (non-hydrogen) atoms. The fraction of sp³-hybridized carbons (Fsp3) is 0.278. The van der Waals surface area contributed by atoms with Gasteiger partial charge in [0.05, 0.1) is 5.69 Å². The number of aryl methyl sites for hydroxylation is 1. The number of hydrogen-bond acceptors (Lipinski definition) is 6. The van der Waals surface area contributed by atoms with Gasteiger partial charge in [0.15, 0.2) is 0 Å². The first-order valence-electron chi connectivity index (χ1n) is 8.08. The highest BCUT2D eigenvalue weighted by molar-refractivity contribution is 5.63. The summed E-state index contributed by atoms with van der Waals surface area (Å²) in [5.41, 5.74) is 5.41. The number of nitrogens with zero attached hydrogens (tertiary/aromatic N) is 6. The lowest BCUT2D eigenvalue weighted by atomic mass is 10.0. The zero-order valence-electron chi connectivity index (χ0n) is 13.6. The quantitative estimate of drug-likeness (QED) is 0.722. The minimum absolute atomic E-state index is 0.782. The van der Waals surface area contributed by atoms with E-state index in [1.807, 2.05) is 37.6 Å². The van der Waals surface area contributed by atoms with Crippen molar-refractivity contribution in [2.75, 3.05) is 18.0 Å². The number of hydrogen-bond donors (Lipinski definition) is 0. The van der Waals surface area contributed by atoms with Gasteiger partial charge in [-0.05, 0) is 31.0 Å². The lowest BCUT2D eigenvalue weighted by Gasteiger charge is -2.19. The third-order valence-corrected chi connectivity index (χ3v) is 4.27. The van der Waals surface area contributed by atoms with Crippen LogP contribution in [-0.4, -0.2) is 38.0 Å². The van der Waals surface area contributed by atoms with Gasteiger partial charge in [0.2, 0.25) is 5.95 Å². The summed E-state index contributed by atoms with van der Waals surface area (Å²) in [5.74, 6) is 0.782. The van der Waals surface area contributed by atoms with Crippen molar-refractivity contribution in [3.8, 4) is 11.3 Å². The highest BCUT2D eigenvalue weighted by atomic mass is 15.2. The molecule has 0 aromatic carbocycles. The predicted molar refractivity (Wildman–Crippen MR) is 91.7 cm³/mol. The average Bonchev–Trinajstić information content (AvgIpc) is 2.86. The Labute approximate surface area is 140 Å². The first-order valence-corrected chi connectivity index (χ1v) is 8.08. The van der Waals surface area contributed by atoms with Gasteiger partial charge in [0.25, 0.3) is 0 Å². The summed E-state index contributed by atoms with van der Waals surface area (Å²) < 4.78 is 0. The summed E-state index contributed by atoms with van der Waals surface area (Å²) in [4.78, 5) is 24.4. The van der Waals surface area contributed by atoms with Gasteiger partial charge in [-0.3, -0.25) is 4.98 Å². The van der Waals surface area contributed by atoms with Gasteiger partial charge in [0, 0.05) is 61.1 Å². The van der Waals surface area contributed by atoms with Gasteiger partial charge in [0.1, 0.15) is 6.33 Å². The number of fused-ring (bicyclic) bond motifs is 1. The predicted octanol–water partition coefficient (Wildman–Crippen LogP) is 2.24. The van der Waals surface area contributed by atoms with E-state index in [0.29, 0.717) is 0 Å². The molecule has 4 heterocycles. The molecule has 4 rings (SSSR count). The molecule has 1 aliphatic heterocycles. The Morgan fingerprint density at radius 2 is 1.79 bits per heavy atom. The molecule has 0 radical (unpaired) electrons. The van der Waals surface area contributed by atoms with Crippen molar-refractivity contribution in [2.45, 2.75) is 19.8 Å². The molecule has 0 saturated carbocycles. The Morgan fingerprint density at radius 3 is 2.58 bits per heavy atom. The number of pyridine rings is 1. The van der Waals surface area contributed by atoms with Crippen molar-refractivity contribution in [1.82, 2.24) is 24.9 Å². The second-order valence-electron chi connectivity index (χ2n) is 5.94. The molecular formula is C18H18N6. The Morgan fingerprint density at radius 1 is 0.958 bits per heavy atom. The first-order chi connectivity index (χ1) is 11.8. The summed E-state index contributed by atoms with van der Waals surface area (Å²) in [6.45, 7) is 3.72. The second-order valence-corrected chi connectivity index (χ2v) is 5.94. The summed E-state index contributed by atoms with van der Waals surface area (Å²) in [7, 11) is 0. The van der Waals surface area contributed by atoms with E-state index in [9.17, 15) is 0 Å². The third kappa shape index (κ3) is 2.82. The lowest BCUT2D eigenvalue weighted by molar-refractivity contribution is 0.768. The summed E-state index contributed by atoms with van der Waals surface area (Å²) in [5, 5.41) is 0. The molecule has 0 bridgehead atoms. The number of aromatic nitrogens is 5. The van der Waals surface area contributed by atoms with Gasteiger partial charge in [-0.15, -0.1) is 0 Å². The minimum atomic E-state index is 0.782. The maximum Gasteiger partial charge on any atom is 0.225 e. The highest BCUT2D eigenvalue weighted by Crippen LogP contribution is 2.25. The maximum atomic E-state index is 4.51. The van der Waals surface area contributed by atoms with E-state index in [0.717, 1.165) is 54.4 Å². The maximum absolute atomic E-state index is 4.51. The Kier molecular flexibility index (Phi) is 3.86. The van der Waals surface area contributed by atoms with E-state index < -0.39 is 0 Å². The molecule has 0 aliphatic carbocycles. The van der Waals surface area contributed by atoms with E-state index in [1.165, 1.54) is 5.56 Å². The third-order valence-electron chi connectivity index (χ3n) is 4.27. The van der Waals surface area contributed by atoms with Crippen LogP contribution in [0.1, 0.15) is 16.8 Å². The van der Waals surface area contributed by atoms with E-state index >= 15 is 0 Å². The number of anilines is 1. The molecule has 0 fully saturated rings. The Bertz CT molecular complexity index is 832.